The largest absolute Gasteiger partial charge is 0.463 e. The summed E-state index contributed by atoms with van der Waals surface area (Å²) in [6.45, 7) is 0.442. The molecule has 1 heterocycles. The van der Waals surface area contributed by atoms with Gasteiger partial charge < -0.3 is 4.74 Å². The monoisotopic (exact) mass is 496 g/mol. The van der Waals surface area contributed by atoms with Crippen molar-refractivity contribution in [2.45, 2.75) is 24.3 Å². The first-order valence-electron chi connectivity index (χ1n) is 9.68. The molecule has 0 amide bonds. The number of nitrogens with zero attached hydrogens (tertiary/aromatic N) is 2. The van der Waals surface area contributed by atoms with Gasteiger partial charge in [-0.15, -0.1) is 0 Å². The van der Waals surface area contributed by atoms with Crippen molar-refractivity contribution in [1.29, 1.82) is 0 Å². The average molecular weight is 498 g/mol. The Kier molecular flexibility index (Phi) is 6.44. The van der Waals surface area contributed by atoms with Crippen LogP contribution in [0.15, 0.2) is 47.5 Å². The lowest BCUT2D eigenvalue weighted by atomic mass is 9.86. The Bertz CT molecular complexity index is 1230. The van der Waals surface area contributed by atoms with Gasteiger partial charge in [0.25, 0.3) is 0 Å². The minimum absolute atomic E-state index is 0.00561. The maximum atomic E-state index is 12.7. The van der Waals surface area contributed by atoms with Crippen LogP contribution >= 0.6 is 34.8 Å². The molecule has 3 aromatic rings. The molecule has 0 unspecified atom stereocenters. The SMILES string of the molecule is CS(=O)(=O)c1nc(OCC2CCC2)nc(-c2ccc(Cl)cc2Cl)c1-c1ccc(Cl)cc1. The average Bonchev–Trinajstić information content (AvgIpc) is 2.66. The number of hydrogen-bond acceptors (Lipinski definition) is 5. The molecule has 0 spiro atoms. The molecule has 2 aromatic carbocycles. The van der Waals surface area contributed by atoms with Crippen LogP contribution in [0.5, 0.6) is 6.01 Å². The Balaban J connectivity index is 1.96. The molecular weight excluding hydrogens is 479 g/mol. The van der Waals surface area contributed by atoms with E-state index in [1.807, 2.05) is 0 Å². The zero-order chi connectivity index (χ0) is 22.2. The summed E-state index contributed by atoms with van der Waals surface area (Å²) in [5.41, 5.74) is 1.80. The van der Waals surface area contributed by atoms with Gasteiger partial charge in [0.1, 0.15) is 0 Å². The van der Waals surface area contributed by atoms with E-state index < -0.39 is 9.84 Å². The van der Waals surface area contributed by atoms with Gasteiger partial charge in [0.05, 0.1) is 17.3 Å². The molecule has 0 saturated heterocycles. The summed E-state index contributed by atoms with van der Waals surface area (Å²) in [4.78, 5) is 8.86. The van der Waals surface area contributed by atoms with Crippen molar-refractivity contribution in [1.82, 2.24) is 9.97 Å². The minimum atomic E-state index is -3.73. The Morgan fingerprint density at radius 3 is 2.26 bits per heavy atom. The summed E-state index contributed by atoms with van der Waals surface area (Å²) in [5, 5.41) is 1.19. The lowest BCUT2D eigenvalue weighted by Crippen LogP contribution is -2.20. The van der Waals surface area contributed by atoms with Gasteiger partial charge in [0.15, 0.2) is 14.9 Å². The topological polar surface area (TPSA) is 69.2 Å². The van der Waals surface area contributed by atoms with Crippen molar-refractivity contribution in [3.05, 3.63) is 57.5 Å². The number of rotatable bonds is 6. The Hall–Kier alpha value is -1.86. The zero-order valence-electron chi connectivity index (χ0n) is 16.6. The van der Waals surface area contributed by atoms with Crippen molar-refractivity contribution in [2.75, 3.05) is 12.9 Å². The first-order valence-corrected chi connectivity index (χ1v) is 12.7. The van der Waals surface area contributed by atoms with Crippen molar-refractivity contribution in [2.24, 2.45) is 5.92 Å². The highest BCUT2D eigenvalue weighted by molar-refractivity contribution is 7.90. The van der Waals surface area contributed by atoms with Crippen LogP contribution in [0.1, 0.15) is 19.3 Å². The molecule has 1 saturated carbocycles. The summed E-state index contributed by atoms with van der Waals surface area (Å²) < 4.78 is 31.3. The van der Waals surface area contributed by atoms with Crippen LogP contribution in [0, 0.1) is 5.92 Å². The molecule has 9 heteroatoms. The minimum Gasteiger partial charge on any atom is -0.463 e. The molecule has 1 aliphatic carbocycles. The lowest BCUT2D eigenvalue weighted by molar-refractivity contribution is 0.169. The maximum absolute atomic E-state index is 12.7. The predicted molar refractivity (Wildman–Crippen MR) is 124 cm³/mol. The molecule has 1 fully saturated rings. The van der Waals surface area contributed by atoms with Gasteiger partial charge in [-0.1, -0.05) is 53.4 Å². The van der Waals surface area contributed by atoms with Gasteiger partial charge in [-0.2, -0.15) is 9.97 Å². The van der Waals surface area contributed by atoms with Gasteiger partial charge in [-0.3, -0.25) is 0 Å². The van der Waals surface area contributed by atoms with Crippen LogP contribution in [0.2, 0.25) is 15.1 Å². The van der Waals surface area contributed by atoms with E-state index >= 15 is 0 Å². The molecule has 4 rings (SSSR count). The summed E-state index contributed by atoms with van der Waals surface area (Å²) >= 11 is 18.6. The fraction of sp³-hybridized carbons (Fsp3) is 0.273. The summed E-state index contributed by atoms with van der Waals surface area (Å²) in [6.07, 6.45) is 4.44. The van der Waals surface area contributed by atoms with Crippen molar-refractivity contribution in [3.8, 4) is 28.4 Å². The summed E-state index contributed by atoms with van der Waals surface area (Å²) in [5.74, 6) is 0.434. The fourth-order valence-electron chi connectivity index (χ4n) is 3.36. The van der Waals surface area contributed by atoms with Crippen LogP contribution in [0.3, 0.4) is 0 Å². The molecule has 0 radical (unpaired) electrons. The van der Waals surface area contributed by atoms with E-state index in [1.54, 1.807) is 42.5 Å². The summed E-state index contributed by atoms with van der Waals surface area (Å²) in [7, 11) is -3.73. The van der Waals surface area contributed by atoms with E-state index in [9.17, 15) is 8.42 Å². The number of ether oxygens (including phenoxy) is 1. The van der Waals surface area contributed by atoms with E-state index in [4.69, 9.17) is 39.5 Å². The smallest absolute Gasteiger partial charge is 0.318 e. The van der Waals surface area contributed by atoms with E-state index in [1.165, 1.54) is 6.42 Å². The molecule has 31 heavy (non-hydrogen) atoms. The highest BCUT2D eigenvalue weighted by Crippen LogP contribution is 2.40. The van der Waals surface area contributed by atoms with Crippen LogP contribution < -0.4 is 4.74 Å². The van der Waals surface area contributed by atoms with Gasteiger partial charge in [-0.05, 0) is 54.7 Å². The first kappa shape index (κ1) is 22.3. The third kappa shape index (κ3) is 4.98. The third-order valence-electron chi connectivity index (χ3n) is 5.20. The second-order valence-electron chi connectivity index (χ2n) is 7.55. The maximum Gasteiger partial charge on any atom is 0.318 e. The van der Waals surface area contributed by atoms with Crippen LogP contribution in [0.4, 0.5) is 0 Å². The second-order valence-corrected chi connectivity index (χ2v) is 10.8. The van der Waals surface area contributed by atoms with E-state index in [-0.39, 0.29) is 11.0 Å². The second kappa shape index (κ2) is 8.94. The Morgan fingerprint density at radius 2 is 1.68 bits per heavy atom. The van der Waals surface area contributed by atoms with Gasteiger partial charge in [0.2, 0.25) is 0 Å². The number of hydrogen-bond donors (Lipinski definition) is 0. The number of benzene rings is 2. The molecule has 1 aromatic heterocycles. The molecular formula is C22H19Cl3N2O3S. The van der Waals surface area contributed by atoms with Crippen LogP contribution in [-0.2, 0) is 9.84 Å². The highest BCUT2D eigenvalue weighted by Gasteiger charge is 2.26. The standard InChI is InChI=1S/C22H19Cl3N2O3S/c1-31(28,29)21-19(14-5-7-15(23)8-6-14)20(17-10-9-16(24)11-18(17)25)26-22(27-21)30-12-13-3-2-4-13/h5-11,13H,2-4,12H2,1H3. The van der Waals surface area contributed by atoms with Gasteiger partial charge in [-0.25, -0.2) is 8.42 Å². The Morgan fingerprint density at radius 1 is 1.00 bits per heavy atom. The van der Waals surface area contributed by atoms with Crippen LogP contribution in [-0.4, -0.2) is 31.2 Å². The Labute approximate surface area is 196 Å². The van der Waals surface area contributed by atoms with E-state index in [0.29, 0.717) is 50.0 Å². The first-order chi connectivity index (χ1) is 14.7. The van der Waals surface area contributed by atoms with Gasteiger partial charge >= 0.3 is 6.01 Å². The fourth-order valence-corrected chi connectivity index (χ4v) is 4.81. The predicted octanol–water partition coefficient (Wildman–Crippen LogP) is 6.35. The highest BCUT2D eigenvalue weighted by atomic mass is 35.5. The van der Waals surface area contributed by atoms with Crippen molar-refractivity contribution in [3.63, 3.8) is 0 Å². The number of halogens is 3. The number of aromatic nitrogens is 2. The van der Waals surface area contributed by atoms with Crippen molar-refractivity contribution >= 4 is 44.6 Å². The lowest BCUT2D eigenvalue weighted by Gasteiger charge is -2.25. The molecule has 1 aliphatic rings. The zero-order valence-corrected chi connectivity index (χ0v) is 19.7. The molecule has 0 N–H and O–H groups in total. The normalized spacial score (nSPS) is 14.3. The van der Waals surface area contributed by atoms with Crippen LogP contribution in [0.25, 0.3) is 22.4 Å². The molecule has 0 bridgehead atoms. The molecule has 0 atom stereocenters. The van der Waals surface area contributed by atoms with Crippen molar-refractivity contribution < 1.29 is 13.2 Å². The summed E-state index contributed by atoms with van der Waals surface area (Å²) in [6, 6.07) is 11.8. The molecule has 162 valence electrons. The number of sulfone groups is 1. The molecule has 5 nitrogen and oxygen atoms in total. The molecule has 0 aliphatic heterocycles. The van der Waals surface area contributed by atoms with E-state index in [0.717, 1.165) is 19.1 Å². The quantitative estimate of drug-likeness (QED) is 0.371. The van der Waals surface area contributed by atoms with E-state index in [2.05, 4.69) is 9.97 Å². The van der Waals surface area contributed by atoms with Gasteiger partial charge in [0, 0.05) is 27.4 Å². The third-order valence-corrected chi connectivity index (χ3v) is 7.00.